The summed E-state index contributed by atoms with van der Waals surface area (Å²) in [5.41, 5.74) is 10.3. The second kappa shape index (κ2) is 6.61. The van der Waals surface area contributed by atoms with E-state index in [1.807, 2.05) is 18.5 Å². The van der Waals surface area contributed by atoms with Crippen LogP contribution in [0.15, 0.2) is 122 Å². The number of benzene rings is 4. The Morgan fingerprint density at radius 3 is 1.97 bits per heavy atom. The molecule has 10 rings (SSSR count). The molecule has 0 radical (unpaired) electrons. The SMILES string of the molecule is c1ccc2c(c1)-n1c3ncccc3c3cccc(c31)C21c2cccnc2-n2c3ccccc3c3cccc1c32. The summed E-state index contributed by atoms with van der Waals surface area (Å²) in [6.45, 7) is 0. The van der Waals surface area contributed by atoms with Crippen LogP contribution < -0.4 is 0 Å². The Kier molecular flexibility index (Phi) is 3.36. The van der Waals surface area contributed by atoms with Crippen LogP contribution >= 0.6 is 0 Å². The van der Waals surface area contributed by atoms with Gasteiger partial charge in [-0.05, 0) is 47.0 Å². The van der Waals surface area contributed by atoms with Crippen molar-refractivity contribution in [2.24, 2.45) is 0 Å². The Balaban J connectivity index is 1.54. The molecule has 0 fully saturated rings. The molecule has 4 nitrogen and oxygen atoms in total. The van der Waals surface area contributed by atoms with Gasteiger partial charge in [0.25, 0.3) is 0 Å². The molecule has 8 aromatic rings. The van der Waals surface area contributed by atoms with Crippen LogP contribution in [0.3, 0.4) is 0 Å². The van der Waals surface area contributed by atoms with Crippen molar-refractivity contribution in [3.63, 3.8) is 0 Å². The van der Waals surface area contributed by atoms with Crippen LogP contribution in [0.1, 0.15) is 22.3 Å². The first-order valence-electron chi connectivity index (χ1n) is 13.4. The lowest BCUT2D eigenvalue weighted by Gasteiger charge is -2.44. The van der Waals surface area contributed by atoms with Crippen LogP contribution in [0.2, 0.25) is 0 Å². The molecule has 39 heavy (non-hydrogen) atoms. The summed E-state index contributed by atoms with van der Waals surface area (Å²) in [4.78, 5) is 9.99. The molecule has 0 saturated heterocycles. The molecule has 4 aromatic heterocycles. The van der Waals surface area contributed by atoms with Crippen molar-refractivity contribution >= 4 is 43.7 Å². The van der Waals surface area contributed by atoms with Crippen LogP contribution in [-0.4, -0.2) is 19.1 Å². The monoisotopic (exact) mass is 496 g/mol. The van der Waals surface area contributed by atoms with Gasteiger partial charge in [0.15, 0.2) is 0 Å². The topological polar surface area (TPSA) is 35.6 Å². The molecule has 0 bridgehead atoms. The minimum atomic E-state index is -0.534. The summed E-state index contributed by atoms with van der Waals surface area (Å²) < 4.78 is 4.76. The summed E-state index contributed by atoms with van der Waals surface area (Å²) in [7, 11) is 0. The fourth-order valence-electron chi connectivity index (χ4n) is 7.70. The van der Waals surface area contributed by atoms with Crippen LogP contribution in [0.25, 0.3) is 55.2 Å². The number of para-hydroxylation sites is 4. The Labute approximate surface area is 223 Å². The quantitative estimate of drug-likeness (QED) is 0.216. The summed E-state index contributed by atoms with van der Waals surface area (Å²) in [6, 6.07) is 39.8. The van der Waals surface area contributed by atoms with Gasteiger partial charge in [0.2, 0.25) is 0 Å². The maximum absolute atomic E-state index is 5.09. The van der Waals surface area contributed by atoms with E-state index in [2.05, 4.69) is 112 Å². The highest BCUT2D eigenvalue weighted by Crippen LogP contribution is 2.58. The molecule has 1 atom stereocenters. The van der Waals surface area contributed by atoms with Crippen molar-refractivity contribution in [1.82, 2.24) is 19.1 Å². The number of hydrogen-bond donors (Lipinski definition) is 0. The van der Waals surface area contributed by atoms with E-state index in [-0.39, 0.29) is 0 Å². The highest BCUT2D eigenvalue weighted by Gasteiger charge is 2.50. The largest absolute Gasteiger partial charge is 0.293 e. The summed E-state index contributed by atoms with van der Waals surface area (Å²) in [5, 5.41) is 4.92. The van der Waals surface area contributed by atoms with Crippen molar-refractivity contribution in [2.45, 2.75) is 5.41 Å². The first-order valence-corrected chi connectivity index (χ1v) is 13.4. The van der Waals surface area contributed by atoms with E-state index in [0.717, 1.165) is 11.5 Å². The van der Waals surface area contributed by atoms with Gasteiger partial charge in [-0.3, -0.25) is 9.13 Å². The summed E-state index contributed by atoms with van der Waals surface area (Å²) in [6.07, 6.45) is 3.83. The van der Waals surface area contributed by atoms with E-state index in [4.69, 9.17) is 9.97 Å². The van der Waals surface area contributed by atoms with Gasteiger partial charge in [0, 0.05) is 39.5 Å². The Bertz CT molecular complexity index is 2190. The fourth-order valence-corrected chi connectivity index (χ4v) is 7.70. The van der Waals surface area contributed by atoms with Gasteiger partial charge in [0.05, 0.1) is 27.7 Å². The number of aromatic nitrogens is 4. The molecule has 0 N–H and O–H groups in total. The van der Waals surface area contributed by atoms with Crippen molar-refractivity contribution in [3.8, 4) is 11.5 Å². The van der Waals surface area contributed by atoms with Crippen LogP contribution in [-0.2, 0) is 5.41 Å². The second-order valence-corrected chi connectivity index (χ2v) is 10.6. The van der Waals surface area contributed by atoms with Crippen LogP contribution in [0.5, 0.6) is 0 Å². The molecule has 2 aliphatic rings. The zero-order valence-corrected chi connectivity index (χ0v) is 20.8. The lowest BCUT2D eigenvalue weighted by atomic mass is 9.62. The van der Waals surface area contributed by atoms with Gasteiger partial charge in [-0.2, -0.15) is 0 Å². The Morgan fingerprint density at radius 1 is 0.462 bits per heavy atom. The third kappa shape index (κ3) is 2.06. The molecular formula is C35H20N4. The highest BCUT2D eigenvalue weighted by molar-refractivity contribution is 6.14. The lowest BCUT2D eigenvalue weighted by molar-refractivity contribution is 0.704. The number of hydrogen-bond acceptors (Lipinski definition) is 2. The van der Waals surface area contributed by atoms with E-state index >= 15 is 0 Å². The predicted octanol–water partition coefficient (Wildman–Crippen LogP) is 7.68. The highest BCUT2D eigenvalue weighted by atomic mass is 15.1. The molecule has 1 unspecified atom stereocenters. The van der Waals surface area contributed by atoms with Gasteiger partial charge in [0.1, 0.15) is 11.5 Å². The molecule has 4 heteroatoms. The Morgan fingerprint density at radius 2 is 1.08 bits per heavy atom. The average molecular weight is 497 g/mol. The third-order valence-electron chi connectivity index (χ3n) is 9.00. The molecular weight excluding hydrogens is 476 g/mol. The number of rotatable bonds is 0. The molecule has 0 amide bonds. The molecule has 0 aliphatic carbocycles. The maximum atomic E-state index is 5.09. The normalized spacial score (nSPS) is 16.8. The van der Waals surface area contributed by atoms with Crippen LogP contribution in [0, 0.1) is 0 Å². The minimum Gasteiger partial charge on any atom is -0.293 e. The van der Waals surface area contributed by atoms with Crippen molar-refractivity contribution in [3.05, 3.63) is 144 Å². The number of pyridine rings is 2. The molecule has 2 aliphatic heterocycles. The smallest absolute Gasteiger partial charge is 0.145 e. The summed E-state index contributed by atoms with van der Waals surface area (Å²) >= 11 is 0. The van der Waals surface area contributed by atoms with E-state index in [9.17, 15) is 0 Å². The van der Waals surface area contributed by atoms with Crippen LogP contribution in [0.4, 0.5) is 0 Å². The van der Waals surface area contributed by atoms with E-state index in [1.165, 1.54) is 66.0 Å². The Hall–Kier alpha value is -5.22. The zero-order valence-electron chi connectivity index (χ0n) is 20.8. The van der Waals surface area contributed by atoms with Gasteiger partial charge in [-0.1, -0.05) is 78.9 Å². The van der Waals surface area contributed by atoms with E-state index < -0.39 is 5.41 Å². The van der Waals surface area contributed by atoms with Crippen molar-refractivity contribution < 1.29 is 0 Å². The lowest BCUT2D eigenvalue weighted by Crippen LogP contribution is -2.39. The molecule has 6 heterocycles. The first-order chi connectivity index (χ1) is 19.4. The van der Waals surface area contributed by atoms with Gasteiger partial charge >= 0.3 is 0 Å². The van der Waals surface area contributed by atoms with E-state index in [1.54, 1.807) is 0 Å². The van der Waals surface area contributed by atoms with Gasteiger partial charge < -0.3 is 0 Å². The van der Waals surface area contributed by atoms with Crippen molar-refractivity contribution in [2.75, 3.05) is 0 Å². The molecule has 180 valence electrons. The third-order valence-corrected chi connectivity index (χ3v) is 9.00. The minimum absolute atomic E-state index is 0.534. The maximum Gasteiger partial charge on any atom is 0.145 e. The first kappa shape index (κ1) is 19.8. The predicted molar refractivity (Wildman–Crippen MR) is 156 cm³/mol. The molecule has 0 saturated carbocycles. The fraction of sp³-hybridized carbons (Fsp3) is 0.0286. The molecule has 4 aromatic carbocycles. The van der Waals surface area contributed by atoms with Crippen molar-refractivity contribution in [1.29, 1.82) is 0 Å². The standard InChI is InChI=1S/C35H20N4/c1-3-17-29-21(9-1)22-10-5-14-26-31(22)38(29)34-28(16-8-20-37-34)35(26)25-13-2-4-18-30(25)39-32-23(11-6-15-27(32)35)24-12-7-19-36-33(24)39/h1-20H. The number of nitrogens with zero attached hydrogens (tertiary/aromatic N) is 4. The average Bonchev–Trinajstić information content (AvgIpc) is 3.52. The van der Waals surface area contributed by atoms with Gasteiger partial charge in [-0.25, -0.2) is 9.97 Å². The zero-order chi connectivity index (χ0) is 25.3. The summed E-state index contributed by atoms with van der Waals surface area (Å²) in [5.74, 6) is 0.997. The molecule has 1 spiro atoms. The van der Waals surface area contributed by atoms with Gasteiger partial charge in [-0.15, -0.1) is 0 Å². The second-order valence-electron chi connectivity index (χ2n) is 10.6. The number of fused-ring (bicyclic) bond motifs is 14. The van der Waals surface area contributed by atoms with E-state index in [0.29, 0.717) is 0 Å².